The summed E-state index contributed by atoms with van der Waals surface area (Å²) in [4.78, 5) is 9.82. The Morgan fingerprint density at radius 2 is 2.00 bits per heavy atom. The number of aliphatic hydroxyl groups excluding tert-OH is 2. The highest BCUT2D eigenvalue weighted by Crippen LogP contribution is 1.89. The Morgan fingerprint density at radius 1 is 1.40 bits per heavy atom. The Kier molecular flexibility index (Phi) is 14.9. The normalized spacial score (nSPS) is 11.3. The van der Waals surface area contributed by atoms with Crippen molar-refractivity contribution >= 4 is 5.97 Å². The van der Waals surface area contributed by atoms with Crippen LogP contribution in [-0.2, 0) is 14.3 Å². The molecule has 2 N–H and O–H groups in total. The summed E-state index contributed by atoms with van der Waals surface area (Å²) < 4.78 is 9.24. The van der Waals surface area contributed by atoms with Gasteiger partial charge >= 0.3 is 5.97 Å². The van der Waals surface area contributed by atoms with Gasteiger partial charge in [0.2, 0.25) is 0 Å². The molecule has 0 rings (SSSR count). The highest BCUT2D eigenvalue weighted by molar-refractivity contribution is 5.65. The summed E-state index contributed by atoms with van der Waals surface area (Å²) in [6.45, 7) is 6.21. The van der Waals surface area contributed by atoms with Crippen molar-refractivity contribution in [3.05, 3.63) is 0 Å². The zero-order chi connectivity index (χ0) is 12.1. The molecule has 0 aromatic carbocycles. The van der Waals surface area contributed by atoms with Crippen LogP contribution in [0.4, 0.5) is 0 Å². The fraction of sp³-hybridized carbons (Fsp3) is 0.900. The van der Waals surface area contributed by atoms with E-state index in [1.54, 1.807) is 6.92 Å². The molecule has 0 spiro atoms. The third-order valence-electron chi connectivity index (χ3n) is 1.36. The number of rotatable bonds is 6. The van der Waals surface area contributed by atoms with Gasteiger partial charge in [0.1, 0.15) is 0 Å². The molecule has 0 aliphatic rings. The number of aliphatic hydroxyl groups is 2. The second-order valence-electron chi connectivity index (χ2n) is 2.79. The molecule has 0 saturated carbocycles. The van der Waals surface area contributed by atoms with Crippen LogP contribution in [-0.4, -0.2) is 48.7 Å². The first-order valence-corrected chi connectivity index (χ1v) is 5.08. The molecule has 0 aromatic rings. The van der Waals surface area contributed by atoms with Crippen LogP contribution < -0.4 is 0 Å². The van der Waals surface area contributed by atoms with E-state index in [1.807, 2.05) is 6.92 Å². The second-order valence-corrected chi connectivity index (χ2v) is 2.79. The third-order valence-corrected chi connectivity index (χ3v) is 1.36. The zero-order valence-corrected chi connectivity index (χ0v) is 9.73. The molecule has 0 heterocycles. The quantitative estimate of drug-likeness (QED) is 0.500. The van der Waals surface area contributed by atoms with Crippen LogP contribution >= 0.6 is 0 Å². The SMILES string of the molecule is CCC(O)COCCO.CCOC(C)=O. The standard InChI is InChI=1S/C6H14O3.C4H8O2/c1-2-6(8)5-9-4-3-7;1-3-6-4(2)5/h6-8H,2-5H2,1H3;3H2,1-2H3. The van der Waals surface area contributed by atoms with E-state index in [0.29, 0.717) is 26.2 Å². The van der Waals surface area contributed by atoms with Gasteiger partial charge in [-0.15, -0.1) is 0 Å². The Bertz CT molecular complexity index is 138. The summed E-state index contributed by atoms with van der Waals surface area (Å²) in [5.41, 5.74) is 0. The fourth-order valence-corrected chi connectivity index (χ4v) is 0.605. The van der Waals surface area contributed by atoms with Gasteiger partial charge in [-0.25, -0.2) is 0 Å². The van der Waals surface area contributed by atoms with E-state index in [0.717, 1.165) is 0 Å². The summed E-state index contributed by atoms with van der Waals surface area (Å²) in [6.07, 6.45) is 0.322. The molecule has 0 radical (unpaired) electrons. The average molecular weight is 222 g/mol. The van der Waals surface area contributed by atoms with E-state index in [9.17, 15) is 4.79 Å². The minimum absolute atomic E-state index is 0.0242. The van der Waals surface area contributed by atoms with Crippen molar-refractivity contribution in [1.29, 1.82) is 0 Å². The topological polar surface area (TPSA) is 76.0 Å². The molecule has 0 aliphatic heterocycles. The molecule has 0 amide bonds. The van der Waals surface area contributed by atoms with Gasteiger partial charge in [0.05, 0.1) is 32.5 Å². The summed E-state index contributed by atoms with van der Waals surface area (Å²) in [6, 6.07) is 0. The maximum absolute atomic E-state index is 9.82. The van der Waals surface area contributed by atoms with Crippen molar-refractivity contribution in [1.82, 2.24) is 0 Å². The minimum atomic E-state index is -0.378. The first kappa shape index (κ1) is 16.8. The lowest BCUT2D eigenvalue weighted by atomic mass is 10.3. The van der Waals surface area contributed by atoms with Crippen LogP contribution in [0.1, 0.15) is 27.2 Å². The second kappa shape index (κ2) is 13.4. The first-order valence-electron chi connectivity index (χ1n) is 5.08. The summed E-state index contributed by atoms with van der Waals surface area (Å²) >= 11 is 0. The third kappa shape index (κ3) is 19.7. The molecule has 1 unspecified atom stereocenters. The van der Waals surface area contributed by atoms with Crippen molar-refractivity contribution in [2.24, 2.45) is 0 Å². The first-order chi connectivity index (χ1) is 7.08. The number of esters is 1. The van der Waals surface area contributed by atoms with Gasteiger partial charge in [0, 0.05) is 6.92 Å². The van der Waals surface area contributed by atoms with E-state index in [1.165, 1.54) is 6.92 Å². The molecule has 0 aliphatic carbocycles. The fourth-order valence-electron chi connectivity index (χ4n) is 0.605. The van der Waals surface area contributed by atoms with Crippen LogP contribution in [0, 0.1) is 0 Å². The van der Waals surface area contributed by atoms with E-state index in [4.69, 9.17) is 14.9 Å². The maximum Gasteiger partial charge on any atom is 0.302 e. The largest absolute Gasteiger partial charge is 0.466 e. The van der Waals surface area contributed by atoms with Crippen LogP contribution in [0.15, 0.2) is 0 Å². The smallest absolute Gasteiger partial charge is 0.302 e. The minimum Gasteiger partial charge on any atom is -0.466 e. The van der Waals surface area contributed by atoms with E-state index >= 15 is 0 Å². The molecule has 0 bridgehead atoms. The van der Waals surface area contributed by atoms with Crippen molar-refractivity contribution in [2.45, 2.75) is 33.3 Å². The van der Waals surface area contributed by atoms with Gasteiger partial charge in [-0.2, -0.15) is 0 Å². The monoisotopic (exact) mass is 222 g/mol. The van der Waals surface area contributed by atoms with Gasteiger partial charge in [-0.3, -0.25) is 4.79 Å². The molecule has 92 valence electrons. The van der Waals surface area contributed by atoms with Gasteiger partial charge < -0.3 is 19.7 Å². The summed E-state index contributed by atoms with van der Waals surface area (Å²) in [7, 11) is 0. The van der Waals surface area contributed by atoms with Gasteiger partial charge in [-0.05, 0) is 13.3 Å². The molecule has 0 saturated heterocycles. The van der Waals surface area contributed by atoms with Crippen LogP contribution in [0.5, 0.6) is 0 Å². The average Bonchev–Trinajstić information content (AvgIpc) is 2.18. The van der Waals surface area contributed by atoms with Crippen LogP contribution in [0.25, 0.3) is 0 Å². The number of hydrogen-bond acceptors (Lipinski definition) is 5. The maximum atomic E-state index is 9.82. The van der Waals surface area contributed by atoms with Gasteiger partial charge in [0.25, 0.3) is 0 Å². The summed E-state index contributed by atoms with van der Waals surface area (Å²) in [5.74, 6) is -0.211. The molecule has 5 heteroatoms. The molecule has 0 fully saturated rings. The Labute approximate surface area is 91.0 Å². The number of hydrogen-bond donors (Lipinski definition) is 2. The highest BCUT2D eigenvalue weighted by Gasteiger charge is 1.97. The number of carbonyl (C=O) groups excluding carboxylic acids is 1. The predicted molar refractivity (Wildman–Crippen MR) is 56.5 cm³/mol. The predicted octanol–water partition coefficient (Wildman–Crippen LogP) is 0.336. The van der Waals surface area contributed by atoms with Crippen molar-refractivity contribution in [2.75, 3.05) is 26.4 Å². The number of ether oxygens (including phenoxy) is 2. The highest BCUT2D eigenvalue weighted by atomic mass is 16.5. The molecule has 15 heavy (non-hydrogen) atoms. The van der Waals surface area contributed by atoms with Crippen molar-refractivity contribution in [3.8, 4) is 0 Å². The summed E-state index contributed by atoms with van der Waals surface area (Å²) in [5, 5.41) is 17.1. The van der Waals surface area contributed by atoms with Gasteiger partial charge in [0.15, 0.2) is 0 Å². The lowest BCUT2D eigenvalue weighted by Crippen LogP contribution is -2.15. The molecular weight excluding hydrogens is 200 g/mol. The molecule has 0 aromatic heterocycles. The lowest BCUT2D eigenvalue weighted by molar-refractivity contribution is -0.140. The molecule has 1 atom stereocenters. The molecule has 5 nitrogen and oxygen atoms in total. The van der Waals surface area contributed by atoms with Crippen molar-refractivity contribution < 1.29 is 24.5 Å². The Morgan fingerprint density at radius 3 is 2.27 bits per heavy atom. The van der Waals surface area contributed by atoms with Crippen molar-refractivity contribution in [3.63, 3.8) is 0 Å². The van der Waals surface area contributed by atoms with E-state index in [-0.39, 0.29) is 18.7 Å². The Hall–Kier alpha value is -0.650. The zero-order valence-electron chi connectivity index (χ0n) is 9.73. The lowest BCUT2D eigenvalue weighted by Gasteiger charge is -2.06. The Balaban J connectivity index is 0. The molecular formula is C10H22O5. The van der Waals surface area contributed by atoms with E-state index in [2.05, 4.69) is 4.74 Å². The van der Waals surface area contributed by atoms with E-state index < -0.39 is 0 Å². The van der Waals surface area contributed by atoms with Crippen LogP contribution in [0.2, 0.25) is 0 Å². The number of carbonyl (C=O) groups is 1. The van der Waals surface area contributed by atoms with Crippen LogP contribution in [0.3, 0.4) is 0 Å². The van der Waals surface area contributed by atoms with Gasteiger partial charge in [-0.1, -0.05) is 6.92 Å².